The van der Waals surface area contributed by atoms with Crippen LogP contribution in [0.15, 0.2) is 18.2 Å². The first-order valence-corrected chi connectivity index (χ1v) is 6.62. The Morgan fingerprint density at radius 2 is 1.77 bits per heavy atom. The van der Waals surface area contributed by atoms with Crippen LogP contribution in [0.4, 0.5) is 0 Å². The van der Waals surface area contributed by atoms with Crippen LogP contribution in [0.3, 0.4) is 0 Å². The highest BCUT2D eigenvalue weighted by Gasteiger charge is 2.34. The number of hydrogen-bond donors (Lipinski definition) is 3. The number of nitrogens with one attached hydrogen (secondary N) is 3. The summed E-state index contributed by atoms with van der Waals surface area (Å²) in [6.45, 7) is 0.259. The molecule has 3 N–H and O–H groups in total. The molecule has 0 atom stereocenters. The number of amides is 3. The van der Waals surface area contributed by atoms with Gasteiger partial charge in [0.15, 0.2) is 11.5 Å². The van der Waals surface area contributed by atoms with Gasteiger partial charge in [-0.15, -0.1) is 0 Å². The van der Waals surface area contributed by atoms with Crippen molar-refractivity contribution in [2.75, 3.05) is 14.2 Å². The first-order chi connectivity index (χ1) is 10.5. The van der Waals surface area contributed by atoms with Gasteiger partial charge < -0.3 is 14.8 Å². The number of hydrazine groups is 1. The van der Waals surface area contributed by atoms with E-state index in [1.54, 1.807) is 18.2 Å². The molecule has 0 aliphatic carbocycles. The van der Waals surface area contributed by atoms with Crippen LogP contribution >= 0.6 is 0 Å². The maximum absolute atomic E-state index is 11.8. The van der Waals surface area contributed by atoms with Gasteiger partial charge in [0.1, 0.15) is 5.92 Å². The van der Waals surface area contributed by atoms with Crippen molar-refractivity contribution in [3.05, 3.63) is 23.8 Å². The lowest BCUT2D eigenvalue weighted by atomic mass is 10.1. The van der Waals surface area contributed by atoms with Crippen molar-refractivity contribution >= 4 is 17.7 Å². The molecule has 1 aliphatic rings. The molecule has 1 aromatic carbocycles. The maximum Gasteiger partial charge on any atom is 0.251 e. The summed E-state index contributed by atoms with van der Waals surface area (Å²) in [4.78, 5) is 34.5. The van der Waals surface area contributed by atoms with Gasteiger partial charge in [-0.1, -0.05) is 6.07 Å². The third-order valence-corrected chi connectivity index (χ3v) is 3.27. The Balaban J connectivity index is 1.91. The number of ether oxygens (including phenoxy) is 2. The fourth-order valence-corrected chi connectivity index (χ4v) is 2.05. The zero-order valence-corrected chi connectivity index (χ0v) is 12.3. The van der Waals surface area contributed by atoms with Crippen molar-refractivity contribution in [1.29, 1.82) is 0 Å². The van der Waals surface area contributed by atoms with Crippen LogP contribution < -0.4 is 25.6 Å². The number of carbonyl (C=O) groups is 3. The Morgan fingerprint density at radius 1 is 1.14 bits per heavy atom. The second kappa shape index (κ2) is 6.79. The van der Waals surface area contributed by atoms with Crippen LogP contribution in [-0.2, 0) is 20.9 Å². The molecule has 0 aromatic heterocycles. The summed E-state index contributed by atoms with van der Waals surface area (Å²) in [6, 6.07) is 5.27. The van der Waals surface area contributed by atoms with Gasteiger partial charge in [-0.05, 0) is 17.7 Å². The van der Waals surface area contributed by atoms with E-state index in [1.807, 2.05) is 0 Å². The van der Waals surface area contributed by atoms with E-state index in [9.17, 15) is 14.4 Å². The molecule has 0 saturated carbocycles. The molecule has 8 heteroatoms. The normalized spacial score (nSPS) is 14.3. The topological polar surface area (TPSA) is 106 Å². The zero-order chi connectivity index (χ0) is 16.1. The summed E-state index contributed by atoms with van der Waals surface area (Å²) < 4.78 is 10.3. The van der Waals surface area contributed by atoms with Gasteiger partial charge in [-0.25, -0.2) is 0 Å². The van der Waals surface area contributed by atoms with E-state index >= 15 is 0 Å². The lowest BCUT2D eigenvalue weighted by Crippen LogP contribution is -2.30. The average Bonchev–Trinajstić information content (AvgIpc) is 2.84. The standard InChI is InChI=1S/C14H17N3O5/c1-21-10-4-3-8(5-11(10)22-2)7-15-12(18)6-9-13(19)16-17-14(9)20/h3-5,9H,6-7H2,1-2H3,(H,15,18)(H,16,19)(H,17,20). The second-order valence-corrected chi connectivity index (χ2v) is 4.70. The predicted octanol–water partition coefficient (Wildman–Crippen LogP) is -0.513. The van der Waals surface area contributed by atoms with Crippen LogP contribution in [0.25, 0.3) is 0 Å². The Hall–Kier alpha value is -2.77. The maximum atomic E-state index is 11.8. The van der Waals surface area contributed by atoms with Crippen molar-refractivity contribution in [2.24, 2.45) is 5.92 Å². The Kier molecular flexibility index (Phi) is 4.82. The van der Waals surface area contributed by atoms with Crippen molar-refractivity contribution in [2.45, 2.75) is 13.0 Å². The smallest absolute Gasteiger partial charge is 0.251 e. The van der Waals surface area contributed by atoms with Gasteiger partial charge >= 0.3 is 0 Å². The highest BCUT2D eigenvalue weighted by molar-refractivity contribution is 6.07. The predicted molar refractivity (Wildman–Crippen MR) is 75.8 cm³/mol. The summed E-state index contributed by atoms with van der Waals surface area (Å²) >= 11 is 0. The van der Waals surface area contributed by atoms with Crippen LogP contribution in [0, 0.1) is 5.92 Å². The monoisotopic (exact) mass is 307 g/mol. The van der Waals surface area contributed by atoms with Gasteiger partial charge in [0, 0.05) is 13.0 Å². The largest absolute Gasteiger partial charge is 0.493 e. The van der Waals surface area contributed by atoms with Crippen LogP contribution in [0.5, 0.6) is 11.5 Å². The molecule has 0 spiro atoms. The van der Waals surface area contributed by atoms with E-state index in [0.717, 1.165) is 5.56 Å². The summed E-state index contributed by atoms with van der Waals surface area (Å²) in [5, 5.41) is 2.66. The lowest BCUT2D eigenvalue weighted by Gasteiger charge is -2.11. The molecule has 2 rings (SSSR count). The minimum absolute atomic E-state index is 0.190. The summed E-state index contributed by atoms with van der Waals surface area (Å²) in [5.74, 6) is -1.20. The molecule has 118 valence electrons. The number of hydrogen-bond acceptors (Lipinski definition) is 5. The molecular formula is C14H17N3O5. The summed E-state index contributed by atoms with van der Waals surface area (Å²) in [7, 11) is 3.06. The van der Waals surface area contributed by atoms with Gasteiger partial charge in [-0.3, -0.25) is 25.2 Å². The van der Waals surface area contributed by atoms with Gasteiger partial charge in [0.05, 0.1) is 14.2 Å². The quantitative estimate of drug-likeness (QED) is 0.614. The number of carbonyl (C=O) groups excluding carboxylic acids is 3. The number of benzene rings is 1. The second-order valence-electron chi connectivity index (χ2n) is 4.70. The minimum atomic E-state index is -0.981. The highest BCUT2D eigenvalue weighted by atomic mass is 16.5. The third-order valence-electron chi connectivity index (χ3n) is 3.27. The van der Waals surface area contributed by atoms with Crippen LogP contribution in [0.1, 0.15) is 12.0 Å². The van der Waals surface area contributed by atoms with Crippen molar-refractivity contribution < 1.29 is 23.9 Å². The van der Waals surface area contributed by atoms with E-state index in [0.29, 0.717) is 11.5 Å². The zero-order valence-electron chi connectivity index (χ0n) is 12.3. The molecule has 1 heterocycles. The first-order valence-electron chi connectivity index (χ1n) is 6.62. The molecule has 0 bridgehead atoms. The van der Waals surface area contributed by atoms with E-state index < -0.39 is 17.7 Å². The van der Waals surface area contributed by atoms with Gasteiger partial charge in [0.25, 0.3) is 11.8 Å². The summed E-state index contributed by atoms with van der Waals surface area (Å²) in [6.07, 6.45) is -0.190. The number of rotatable bonds is 6. The fourth-order valence-electron chi connectivity index (χ4n) is 2.05. The first kappa shape index (κ1) is 15.6. The van der Waals surface area contributed by atoms with Crippen molar-refractivity contribution in [3.63, 3.8) is 0 Å². The molecule has 1 aromatic rings. The van der Waals surface area contributed by atoms with E-state index in [1.165, 1.54) is 14.2 Å². The van der Waals surface area contributed by atoms with Gasteiger partial charge in [-0.2, -0.15) is 0 Å². The van der Waals surface area contributed by atoms with E-state index in [4.69, 9.17) is 9.47 Å². The molecule has 1 saturated heterocycles. The van der Waals surface area contributed by atoms with Crippen molar-refractivity contribution in [3.8, 4) is 11.5 Å². The number of methoxy groups -OCH3 is 2. The van der Waals surface area contributed by atoms with Gasteiger partial charge in [0.2, 0.25) is 5.91 Å². The molecule has 0 unspecified atom stereocenters. The molecule has 8 nitrogen and oxygen atoms in total. The average molecular weight is 307 g/mol. The molecule has 22 heavy (non-hydrogen) atoms. The molecule has 3 amide bonds. The van der Waals surface area contributed by atoms with Crippen LogP contribution in [-0.4, -0.2) is 31.9 Å². The minimum Gasteiger partial charge on any atom is -0.493 e. The molecule has 1 aliphatic heterocycles. The lowest BCUT2D eigenvalue weighted by molar-refractivity contribution is -0.133. The Bertz CT molecular complexity index is 586. The highest BCUT2D eigenvalue weighted by Crippen LogP contribution is 2.27. The molecular weight excluding hydrogens is 290 g/mol. The summed E-state index contributed by atoms with van der Waals surface area (Å²) in [5.41, 5.74) is 5.17. The Morgan fingerprint density at radius 3 is 2.36 bits per heavy atom. The molecule has 1 fully saturated rings. The van der Waals surface area contributed by atoms with E-state index in [2.05, 4.69) is 16.2 Å². The third kappa shape index (κ3) is 3.46. The fraction of sp³-hybridized carbons (Fsp3) is 0.357. The van der Waals surface area contributed by atoms with Crippen LogP contribution in [0.2, 0.25) is 0 Å². The molecule has 0 radical (unpaired) electrons. The SMILES string of the molecule is COc1ccc(CNC(=O)CC2C(=O)NNC2=O)cc1OC. The van der Waals surface area contributed by atoms with E-state index in [-0.39, 0.29) is 18.9 Å². The van der Waals surface area contributed by atoms with Crippen molar-refractivity contribution in [1.82, 2.24) is 16.2 Å². The Labute approximate surface area is 127 Å².